The Hall–Kier alpha value is -1.96. The molecule has 0 radical (unpaired) electrons. The summed E-state index contributed by atoms with van der Waals surface area (Å²) in [5, 5.41) is 2.43. The largest absolute Gasteiger partial charge is 0.261 e. The average Bonchev–Trinajstić information content (AvgIpc) is 2.78. The van der Waals surface area contributed by atoms with Crippen LogP contribution in [0.4, 0.5) is 0 Å². The summed E-state index contributed by atoms with van der Waals surface area (Å²) < 4.78 is 0. The Balaban J connectivity index is 2.07. The van der Waals surface area contributed by atoms with Crippen molar-refractivity contribution in [2.45, 2.75) is 19.3 Å². The van der Waals surface area contributed by atoms with E-state index in [0.29, 0.717) is 0 Å². The van der Waals surface area contributed by atoms with Crippen molar-refractivity contribution in [2.24, 2.45) is 9.98 Å². The first-order valence-electron chi connectivity index (χ1n) is 6.07. The fraction of sp³-hybridized carbons (Fsp3) is 0.200. The number of aliphatic imine (C=N–C) groups is 1. The van der Waals surface area contributed by atoms with Gasteiger partial charge in [-0.15, -0.1) is 0 Å². The Morgan fingerprint density at radius 2 is 2.00 bits per heavy atom. The highest BCUT2D eigenvalue weighted by molar-refractivity contribution is 5.76. The van der Waals surface area contributed by atoms with Gasteiger partial charge in [0.1, 0.15) is 0 Å². The van der Waals surface area contributed by atoms with Crippen molar-refractivity contribution in [2.75, 3.05) is 0 Å². The highest BCUT2D eigenvalue weighted by atomic mass is 14.8. The van der Waals surface area contributed by atoms with Gasteiger partial charge in [-0.2, -0.15) is 0 Å². The number of nitrogens with zero attached hydrogens (tertiary/aromatic N) is 2. The van der Waals surface area contributed by atoms with Crippen LogP contribution in [0.2, 0.25) is 0 Å². The zero-order valence-electron chi connectivity index (χ0n) is 9.48. The van der Waals surface area contributed by atoms with Crippen LogP contribution < -0.4 is 10.6 Å². The van der Waals surface area contributed by atoms with Crippen LogP contribution in [-0.2, 0) is 0 Å². The summed E-state index contributed by atoms with van der Waals surface area (Å²) in [4.78, 5) is 9.27. The molecule has 0 saturated heterocycles. The van der Waals surface area contributed by atoms with Gasteiger partial charge in [0.2, 0.25) is 0 Å². The molecule has 4 rings (SSSR count). The number of fused-ring (bicyclic) bond motifs is 3. The summed E-state index contributed by atoms with van der Waals surface area (Å²) in [5.41, 5.74) is 5.06. The number of hydrogen-bond acceptors (Lipinski definition) is 2. The molecule has 2 heterocycles. The summed E-state index contributed by atoms with van der Waals surface area (Å²) in [5.74, 6) is 0. The quantitative estimate of drug-likeness (QED) is 0.637. The molecule has 1 aromatic rings. The van der Waals surface area contributed by atoms with Crippen molar-refractivity contribution >= 4 is 11.8 Å². The van der Waals surface area contributed by atoms with E-state index >= 15 is 0 Å². The third-order valence-electron chi connectivity index (χ3n) is 3.60. The summed E-state index contributed by atoms with van der Waals surface area (Å²) in [6.07, 6.45) is 7.33. The van der Waals surface area contributed by atoms with Crippen molar-refractivity contribution in [3.63, 3.8) is 0 Å². The maximum absolute atomic E-state index is 4.79. The molecule has 0 spiro atoms. The normalized spacial score (nSPS) is 20.5. The maximum atomic E-state index is 4.79. The van der Waals surface area contributed by atoms with E-state index in [1.165, 1.54) is 22.1 Å². The van der Waals surface area contributed by atoms with Crippen LogP contribution in [-0.4, -0.2) is 6.21 Å². The molecule has 82 valence electrons. The summed E-state index contributed by atoms with van der Waals surface area (Å²) in [6, 6.07) is 8.42. The summed E-state index contributed by atoms with van der Waals surface area (Å²) in [6.45, 7) is 0. The lowest BCUT2D eigenvalue weighted by atomic mass is 9.91. The molecule has 0 amide bonds. The smallest absolute Gasteiger partial charge is 0.0732 e. The van der Waals surface area contributed by atoms with Gasteiger partial charge in [0.25, 0.3) is 0 Å². The topological polar surface area (TPSA) is 24.7 Å². The molecule has 3 aliphatic rings. The van der Waals surface area contributed by atoms with E-state index < -0.39 is 0 Å². The molecule has 1 aliphatic carbocycles. The highest BCUT2D eigenvalue weighted by Crippen LogP contribution is 2.36. The number of benzene rings is 1. The van der Waals surface area contributed by atoms with Crippen LogP contribution in [0.25, 0.3) is 5.57 Å². The van der Waals surface area contributed by atoms with Crippen LogP contribution in [0.5, 0.6) is 0 Å². The molecule has 0 N–H and O–H groups in total. The molecule has 2 aliphatic heterocycles. The molecule has 17 heavy (non-hydrogen) atoms. The van der Waals surface area contributed by atoms with Gasteiger partial charge in [0.15, 0.2) is 0 Å². The Kier molecular flexibility index (Phi) is 1.75. The zero-order valence-corrected chi connectivity index (χ0v) is 9.48. The van der Waals surface area contributed by atoms with E-state index in [9.17, 15) is 0 Å². The molecule has 1 aromatic carbocycles. The van der Waals surface area contributed by atoms with Gasteiger partial charge in [0.05, 0.1) is 16.8 Å². The predicted octanol–water partition coefficient (Wildman–Crippen LogP) is 1.88. The van der Waals surface area contributed by atoms with E-state index in [4.69, 9.17) is 4.99 Å². The van der Waals surface area contributed by atoms with Gasteiger partial charge in [-0.25, -0.2) is 4.99 Å². The van der Waals surface area contributed by atoms with Gasteiger partial charge in [0, 0.05) is 17.0 Å². The summed E-state index contributed by atoms with van der Waals surface area (Å²) >= 11 is 0. The fourth-order valence-corrected chi connectivity index (χ4v) is 2.79. The van der Waals surface area contributed by atoms with E-state index in [0.717, 1.165) is 30.3 Å². The minimum Gasteiger partial charge on any atom is -0.261 e. The lowest BCUT2D eigenvalue weighted by Crippen LogP contribution is -2.22. The van der Waals surface area contributed by atoms with Crippen molar-refractivity contribution in [3.05, 3.63) is 57.9 Å². The first-order chi connectivity index (χ1) is 8.43. The first kappa shape index (κ1) is 9.11. The summed E-state index contributed by atoms with van der Waals surface area (Å²) in [7, 11) is 0. The maximum Gasteiger partial charge on any atom is 0.0732 e. The third kappa shape index (κ3) is 1.21. The average molecular weight is 220 g/mol. The molecule has 0 saturated carbocycles. The van der Waals surface area contributed by atoms with E-state index in [2.05, 4.69) is 35.3 Å². The van der Waals surface area contributed by atoms with Gasteiger partial charge < -0.3 is 0 Å². The predicted molar refractivity (Wildman–Crippen MR) is 68.1 cm³/mol. The lowest BCUT2D eigenvalue weighted by Gasteiger charge is -2.19. The van der Waals surface area contributed by atoms with Crippen LogP contribution in [0.3, 0.4) is 0 Å². The molecule has 0 atom stereocenters. The van der Waals surface area contributed by atoms with E-state index in [-0.39, 0.29) is 0 Å². The molecule has 0 fully saturated rings. The number of allylic oxidation sites excluding steroid dienone is 3. The first-order valence-corrected chi connectivity index (χ1v) is 6.07. The molecule has 2 nitrogen and oxygen atoms in total. The monoisotopic (exact) mass is 220 g/mol. The second kappa shape index (κ2) is 3.27. The van der Waals surface area contributed by atoms with Crippen LogP contribution in [0.1, 0.15) is 19.3 Å². The third-order valence-corrected chi connectivity index (χ3v) is 3.60. The van der Waals surface area contributed by atoms with Crippen LogP contribution >= 0.6 is 0 Å². The van der Waals surface area contributed by atoms with Crippen molar-refractivity contribution < 1.29 is 0 Å². The molecular formula is C15H12N2. The highest BCUT2D eigenvalue weighted by Gasteiger charge is 2.23. The molecule has 0 aromatic heterocycles. The van der Waals surface area contributed by atoms with Crippen molar-refractivity contribution in [1.82, 2.24) is 0 Å². The van der Waals surface area contributed by atoms with E-state index in [1.807, 2.05) is 6.21 Å². The molecule has 0 bridgehead atoms. The second-order valence-electron chi connectivity index (χ2n) is 4.58. The zero-order chi connectivity index (χ0) is 11.2. The molecule has 2 heteroatoms. The number of rotatable bonds is 0. The van der Waals surface area contributed by atoms with Gasteiger partial charge in [-0.05, 0) is 30.9 Å². The Morgan fingerprint density at radius 3 is 3.00 bits per heavy atom. The van der Waals surface area contributed by atoms with Crippen molar-refractivity contribution in [3.8, 4) is 0 Å². The van der Waals surface area contributed by atoms with E-state index in [1.54, 1.807) is 0 Å². The SMILES string of the molecule is C1=NC2=CCC3=c4ccccc4=NC3=C2CC1. The minimum atomic E-state index is 0.964. The fourth-order valence-electron chi connectivity index (χ4n) is 2.79. The Bertz CT molecular complexity index is 718. The van der Waals surface area contributed by atoms with Gasteiger partial charge in [-0.3, -0.25) is 4.99 Å². The molecule has 0 unspecified atom stereocenters. The van der Waals surface area contributed by atoms with Crippen LogP contribution in [0.15, 0.2) is 57.3 Å². The van der Waals surface area contributed by atoms with Crippen molar-refractivity contribution in [1.29, 1.82) is 0 Å². The lowest BCUT2D eigenvalue weighted by molar-refractivity contribution is 0.947. The number of hydrogen-bond donors (Lipinski definition) is 0. The second-order valence-corrected chi connectivity index (χ2v) is 4.58. The Labute approximate surface area is 99.4 Å². The minimum absolute atomic E-state index is 0.964. The standard InChI is InChI=1S/C15H12N2/c1-2-6-14-10(4-1)11-7-8-13-12(15(11)17-14)5-3-9-16-13/h1-2,4,6,8-9H,3,5,7H2. The number of para-hydroxylation sites is 1. The molecular weight excluding hydrogens is 208 g/mol. The Morgan fingerprint density at radius 1 is 1.06 bits per heavy atom. The van der Waals surface area contributed by atoms with Gasteiger partial charge in [-0.1, -0.05) is 24.3 Å². The van der Waals surface area contributed by atoms with Gasteiger partial charge >= 0.3 is 0 Å². The van der Waals surface area contributed by atoms with Crippen LogP contribution in [0, 0.1) is 0 Å².